The Balaban J connectivity index is 3.00. The summed E-state index contributed by atoms with van der Waals surface area (Å²) in [7, 11) is 0. The van der Waals surface area contributed by atoms with Gasteiger partial charge in [-0.05, 0) is 12.5 Å². The van der Waals surface area contributed by atoms with Gasteiger partial charge in [-0.25, -0.2) is 4.79 Å². The van der Waals surface area contributed by atoms with Crippen molar-refractivity contribution in [1.82, 2.24) is 0 Å². The molecule has 52 valence electrons. The highest BCUT2D eigenvalue weighted by Crippen LogP contribution is 1.88. The average molecular weight is 136 g/mol. The zero-order chi connectivity index (χ0) is 7.56. The standard InChI is InChI=1S/C8H10NO/c1-7-3-5-9(6-4-7)8(2)10/h3-6H,1-2H3/q+1. The summed E-state index contributed by atoms with van der Waals surface area (Å²) >= 11 is 0. The Labute approximate surface area is 60.1 Å². The maximum absolute atomic E-state index is 10.7. The number of hydrogen-bond donors (Lipinski definition) is 0. The van der Waals surface area contributed by atoms with Gasteiger partial charge in [0, 0.05) is 12.1 Å². The lowest BCUT2D eigenvalue weighted by Crippen LogP contribution is -2.39. The van der Waals surface area contributed by atoms with Crippen LogP contribution in [0.15, 0.2) is 24.5 Å². The number of carbonyl (C=O) groups excluding carboxylic acids is 1. The van der Waals surface area contributed by atoms with Crippen LogP contribution in [0.3, 0.4) is 0 Å². The zero-order valence-electron chi connectivity index (χ0n) is 6.16. The Morgan fingerprint density at radius 1 is 1.40 bits per heavy atom. The first-order chi connectivity index (χ1) is 4.70. The van der Waals surface area contributed by atoms with Crippen molar-refractivity contribution in [1.29, 1.82) is 0 Å². The van der Waals surface area contributed by atoms with E-state index in [9.17, 15) is 4.79 Å². The molecule has 0 amide bonds. The lowest BCUT2D eigenvalue weighted by atomic mass is 10.3. The van der Waals surface area contributed by atoms with Crippen LogP contribution in [0.4, 0.5) is 0 Å². The van der Waals surface area contributed by atoms with Crippen molar-refractivity contribution in [2.45, 2.75) is 13.8 Å². The van der Waals surface area contributed by atoms with E-state index in [1.54, 1.807) is 17.0 Å². The van der Waals surface area contributed by atoms with E-state index < -0.39 is 0 Å². The number of nitrogens with zero attached hydrogens (tertiary/aromatic N) is 1. The van der Waals surface area contributed by atoms with E-state index in [1.807, 2.05) is 19.1 Å². The Bertz CT molecular complexity index is 238. The van der Waals surface area contributed by atoms with Crippen molar-refractivity contribution in [3.8, 4) is 0 Å². The average Bonchev–Trinajstić information content (AvgIpc) is 1.88. The minimum atomic E-state index is 0.0417. The maximum Gasteiger partial charge on any atom is 0.389 e. The molecule has 0 bridgehead atoms. The van der Waals surface area contributed by atoms with Gasteiger partial charge in [-0.15, -0.1) is 4.57 Å². The number of rotatable bonds is 0. The quantitative estimate of drug-likeness (QED) is 0.486. The van der Waals surface area contributed by atoms with E-state index in [2.05, 4.69) is 0 Å². The van der Waals surface area contributed by atoms with Crippen LogP contribution in [0.1, 0.15) is 17.3 Å². The van der Waals surface area contributed by atoms with Gasteiger partial charge in [-0.1, -0.05) is 0 Å². The second-order valence-electron chi connectivity index (χ2n) is 2.30. The van der Waals surface area contributed by atoms with Crippen molar-refractivity contribution >= 4 is 5.91 Å². The summed E-state index contributed by atoms with van der Waals surface area (Å²) in [6.45, 7) is 3.53. The van der Waals surface area contributed by atoms with Crippen molar-refractivity contribution in [3.63, 3.8) is 0 Å². The monoisotopic (exact) mass is 136 g/mol. The van der Waals surface area contributed by atoms with E-state index in [0.717, 1.165) is 5.56 Å². The molecule has 0 atom stereocenters. The van der Waals surface area contributed by atoms with Gasteiger partial charge in [-0.2, -0.15) is 0 Å². The van der Waals surface area contributed by atoms with Gasteiger partial charge in [0.05, 0.1) is 6.92 Å². The molecular formula is C8H10NO+. The number of aryl methyl sites for hydroxylation is 1. The van der Waals surface area contributed by atoms with E-state index in [1.165, 1.54) is 6.92 Å². The van der Waals surface area contributed by atoms with Crippen LogP contribution in [0.2, 0.25) is 0 Å². The van der Waals surface area contributed by atoms with E-state index in [0.29, 0.717) is 0 Å². The van der Waals surface area contributed by atoms with Crippen molar-refractivity contribution in [2.75, 3.05) is 0 Å². The normalized spacial score (nSPS) is 9.40. The van der Waals surface area contributed by atoms with Crippen LogP contribution in [0.5, 0.6) is 0 Å². The van der Waals surface area contributed by atoms with Crippen LogP contribution < -0.4 is 4.57 Å². The predicted molar refractivity (Wildman–Crippen MR) is 37.7 cm³/mol. The molecule has 1 aromatic rings. The fourth-order valence-electron chi connectivity index (χ4n) is 0.711. The van der Waals surface area contributed by atoms with Gasteiger partial charge >= 0.3 is 5.91 Å². The molecule has 2 heteroatoms. The fourth-order valence-corrected chi connectivity index (χ4v) is 0.711. The summed E-state index contributed by atoms with van der Waals surface area (Å²) in [5.74, 6) is 0.0417. The minimum absolute atomic E-state index is 0.0417. The molecule has 1 heterocycles. The number of hydrogen-bond acceptors (Lipinski definition) is 1. The first-order valence-corrected chi connectivity index (χ1v) is 3.19. The molecule has 0 aliphatic carbocycles. The second kappa shape index (κ2) is 2.60. The molecule has 0 spiro atoms. The zero-order valence-corrected chi connectivity index (χ0v) is 6.16. The van der Waals surface area contributed by atoms with Gasteiger partial charge in [-0.3, -0.25) is 0 Å². The highest BCUT2D eigenvalue weighted by molar-refractivity contribution is 5.63. The van der Waals surface area contributed by atoms with Crippen molar-refractivity contribution in [2.24, 2.45) is 0 Å². The first kappa shape index (κ1) is 6.93. The summed E-state index contributed by atoms with van der Waals surface area (Å²) in [5.41, 5.74) is 1.16. The first-order valence-electron chi connectivity index (χ1n) is 3.19. The molecule has 0 radical (unpaired) electrons. The smallest absolute Gasteiger partial charge is 0.220 e. The van der Waals surface area contributed by atoms with Crippen LogP contribution in [-0.2, 0) is 0 Å². The fraction of sp³-hybridized carbons (Fsp3) is 0.250. The highest BCUT2D eigenvalue weighted by atomic mass is 16.1. The second-order valence-corrected chi connectivity index (χ2v) is 2.30. The number of pyridine rings is 1. The molecule has 0 fully saturated rings. The molecule has 0 saturated heterocycles. The molecule has 1 aromatic heterocycles. The largest absolute Gasteiger partial charge is 0.389 e. The summed E-state index contributed by atoms with van der Waals surface area (Å²) in [5, 5.41) is 0. The Hall–Kier alpha value is -1.18. The van der Waals surface area contributed by atoms with Gasteiger partial charge in [0.1, 0.15) is 0 Å². The van der Waals surface area contributed by atoms with Gasteiger partial charge < -0.3 is 0 Å². The molecule has 0 unspecified atom stereocenters. The Morgan fingerprint density at radius 2 is 1.90 bits per heavy atom. The lowest BCUT2D eigenvalue weighted by Gasteiger charge is -1.88. The molecule has 0 aliphatic heterocycles. The highest BCUT2D eigenvalue weighted by Gasteiger charge is 2.03. The van der Waals surface area contributed by atoms with Crippen LogP contribution >= 0.6 is 0 Å². The number of aromatic nitrogens is 1. The van der Waals surface area contributed by atoms with Gasteiger partial charge in [0.15, 0.2) is 12.4 Å². The van der Waals surface area contributed by atoms with Gasteiger partial charge in [0.2, 0.25) is 0 Å². The van der Waals surface area contributed by atoms with Crippen molar-refractivity contribution in [3.05, 3.63) is 30.1 Å². The molecule has 0 aliphatic rings. The van der Waals surface area contributed by atoms with E-state index in [4.69, 9.17) is 0 Å². The van der Waals surface area contributed by atoms with Crippen LogP contribution in [-0.4, -0.2) is 5.91 Å². The molecule has 0 aromatic carbocycles. The predicted octanol–water partition coefficient (Wildman–Crippen LogP) is 0.943. The topological polar surface area (TPSA) is 20.9 Å². The van der Waals surface area contributed by atoms with Crippen LogP contribution in [0, 0.1) is 6.92 Å². The third-order valence-corrected chi connectivity index (χ3v) is 1.36. The van der Waals surface area contributed by atoms with Gasteiger partial charge in [0.25, 0.3) is 0 Å². The SMILES string of the molecule is CC(=O)[n+]1ccc(C)cc1. The molecule has 1 rings (SSSR count). The van der Waals surface area contributed by atoms with Crippen LogP contribution in [0.25, 0.3) is 0 Å². The minimum Gasteiger partial charge on any atom is -0.220 e. The Kier molecular flexibility index (Phi) is 1.81. The van der Waals surface area contributed by atoms with Crippen molar-refractivity contribution < 1.29 is 9.36 Å². The molecular weight excluding hydrogens is 126 g/mol. The molecule has 2 nitrogen and oxygen atoms in total. The summed E-state index contributed by atoms with van der Waals surface area (Å²) in [4.78, 5) is 10.7. The van der Waals surface area contributed by atoms with E-state index >= 15 is 0 Å². The van der Waals surface area contributed by atoms with E-state index in [-0.39, 0.29) is 5.91 Å². The summed E-state index contributed by atoms with van der Waals surface area (Å²) < 4.78 is 1.55. The maximum atomic E-state index is 10.7. The number of carbonyl (C=O) groups is 1. The lowest BCUT2D eigenvalue weighted by molar-refractivity contribution is -0.572. The molecule has 0 saturated carbocycles. The Morgan fingerprint density at radius 3 is 2.30 bits per heavy atom. The summed E-state index contributed by atoms with van der Waals surface area (Å²) in [6, 6.07) is 3.81. The third kappa shape index (κ3) is 1.41. The third-order valence-electron chi connectivity index (χ3n) is 1.36. The molecule has 10 heavy (non-hydrogen) atoms. The molecule has 0 N–H and O–H groups in total. The summed E-state index contributed by atoms with van der Waals surface area (Å²) in [6.07, 6.45) is 3.52.